The third-order valence-electron chi connectivity index (χ3n) is 5.26. The van der Waals surface area contributed by atoms with Crippen LogP contribution >= 0.6 is 0 Å². The van der Waals surface area contributed by atoms with Gasteiger partial charge in [-0.1, -0.05) is 60.7 Å². The number of hydrogen-bond donors (Lipinski definition) is 0. The van der Waals surface area contributed by atoms with Crippen LogP contribution in [-0.4, -0.2) is 30.6 Å². The number of halogens is 9. The first-order valence-electron chi connectivity index (χ1n) is 9.64. The Morgan fingerprint density at radius 3 is 1.57 bits per heavy atom. The van der Waals surface area contributed by atoms with Crippen molar-refractivity contribution in [2.24, 2.45) is 0 Å². The predicted octanol–water partition coefficient (Wildman–Crippen LogP) is 7.57. The number of rotatable bonds is 7. The minimum absolute atomic E-state index is 0.0192. The molecule has 0 aliphatic carbocycles. The molecule has 0 saturated heterocycles. The minimum Gasteiger partial charge on any atom is -0.298 e. The first kappa shape index (κ1) is 26.0. The van der Waals surface area contributed by atoms with Crippen LogP contribution < -0.4 is 0 Å². The van der Waals surface area contributed by atoms with Gasteiger partial charge in [-0.15, -0.1) is 0 Å². The third kappa shape index (κ3) is 4.19. The number of benzene rings is 3. The second-order valence-corrected chi connectivity index (χ2v) is 7.39. The molecule has 0 heterocycles. The molecular weight excluding hydrogens is 491 g/mol. The Kier molecular flexibility index (Phi) is 6.58. The van der Waals surface area contributed by atoms with Crippen molar-refractivity contribution in [2.45, 2.75) is 23.9 Å². The maximum absolute atomic E-state index is 14.9. The van der Waals surface area contributed by atoms with Crippen LogP contribution in [0, 0.1) is 0 Å². The van der Waals surface area contributed by atoms with Gasteiger partial charge >= 0.3 is 23.9 Å². The van der Waals surface area contributed by atoms with Crippen LogP contribution in [0.25, 0.3) is 22.3 Å². The van der Waals surface area contributed by atoms with Crippen molar-refractivity contribution in [3.05, 3.63) is 83.4 Å². The van der Waals surface area contributed by atoms with Crippen LogP contribution in [-0.2, 0) is 5.92 Å². The van der Waals surface area contributed by atoms with Crippen molar-refractivity contribution in [1.29, 1.82) is 0 Å². The zero-order chi connectivity index (χ0) is 26.2. The Bertz CT molecular complexity index is 1260. The largest absolute Gasteiger partial charge is 0.460 e. The van der Waals surface area contributed by atoms with E-state index in [1.165, 1.54) is 36.4 Å². The second kappa shape index (κ2) is 8.86. The van der Waals surface area contributed by atoms with Gasteiger partial charge in [-0.05, 0) is 28.3 Å². The number of aldehydes is 2. The van der Waals surface area contributed by atoms with E-state index in [1.54, 1.807) is 0 Å². The van der Waals surface area contributed by atoms with E-state index in [2.05, 4.69) is 0 Å². The molecule has 0 amide bonds. The van der Waals surface area contributed by atoms with E-state index in [4.69, 9.17) is 0 Å². The van der Waals surface area contributed by atoms with E-state index in [9.17, 15) is 49.1 Å². The van der Waals surface area contributed by atoms with E-state index in [-0.39, 0.29) is 27.8 Å². The molecule has 3 aromatic carbocycles. The van der Waals surface area contributed by atoms with Crippen molar-refractivity contribution in [1.82, 2.24) is 0 Å². The van der Waals surface area contributed by atoms with Crippen LogP contribution in [0.2, 0.25) is 0 Å². The van der Waals surface area contributed by atoms with E-state index < -0.39 is 35.1 Å². The molecule has 0 aromatic heterocycles. The molecule has 2 nitrogen and oxygen atoms in total. The van der Waals surface area contributed by atoms with Gasteiger partial charge in [0.05, 0.1) is 0 Å². The van der Waals surface area contributed by atoms with Crippen molar-refractivity contribution in [2.75, 3.05) is 0 Å². The molecule has 0 aliphatic rings. The maximum Gasteiger partial charge on any atom is 0.460 e. The Balaban J connectivity index is 2.31. The molecule has 3 rings (SSSR count). The summed E-state index contributed by atoms with van der Waals surface area (Å²) >= 11 is 0. The molecule has 0 aliphatic heterocycles. The molecule has 35 heavy (non-hydrogen) atoms. The van der Waals surface area contributed by atoms with Gasteiger partial charge in [0, 0.05) is 16.7 Å². The predicted molar refractivity (Wildman–Crippen MR) is 108 cm³/mol. The van der Waals surface area contributed by atoms with Crippen LogP contribution in [0.15, 0.2) is 66.7 Å². The molecule has 0 fully saturated rings. The van der Waals surface area contributed by atoms with Crippen molar-refractivity contribution in [3.63, 3.8) is 0 Å². The van der Waals surface area contributed by atoms with Crippen LogP contribution in [0.4, 0.5) is 39.5 Å². The fourth-order valence-corrected chi connectivity index (χ4v) is 3.47. The summed E-state index contributed by atoms with van der Waals surface area (Å²) in [4.78, 5) is 22.7. The summed E-state index contributed by atoms with van der Waals surface area (Å²) in [5.74, 6) is -19.9. The van der Waals surface area contributed by atoms with E-state index in [1.807, 2.05) is 0 Å². The monoisotopic (exact) mass is 504 g/mol. The molecule has 0 radical (unpaired) electrons. The number of carbonyl (C=O) groups excluding carboxylic acids is 2. The van der Waals surface area contributed by atoms with Gasteiger partial charge in [0.25, 0.3) is 0 Å². The summed E-state index contributed by atoms with van der Waals surface area (Å²) < 4.78 is 123. The summed E-state index contributed by atoms with van der Waals surface area (Å²) in [6.45, 7) is 0. The van der Waals surface area contributed by atoms with E-state index in [0.717, 1.165) is 24.3 Å². The molecule has 0 N–H and O–H groups in total. The van der Waals surface area contributed by atoms with Gasteiger partial charge in [-0.3, -0.25) is 9.59 Å². The fourth-order valence-electron chi connectivity index (χ4n) is 3.47. The molecular formula is C24H13F9O2. The van der Waals surface area contributed by atoms with Gasteiger partial charge in [0.1, 0.15) is 6.29 Å². The third-order valence-corrected chi connectivity index (χ3v) is 5.26. The molecule has 0 spiro atoms. The lowest BCUT2D eigenvalue weighted by Gasteiger charge is -2.34. The first-order chi connectivity index (χ1) is 16.2. The zero-order valence-corrected chi connectivity index (χ0v) is 17.2. The number of hydrogen-bond acceptors (Lipinski definition) is 2. The van der Waals surface area contributed by atoms with Crippen molar-refractivity contribution >= 4 is 12.6 Å². The van der Waals surface area contributed by atoms with E-state index in [0.29, 0.717) is 18.6 Å². The molecule has 0 bridgehead atoms. The van der Waals surface area contributed by atoms with Gasteiger partial charge in [-0.2, -0.15) is 39.5 Å². The SMILES string of the molecule is O=Cc1ccc(C=O)c(-c2ccccc2-c2ccccc2C(F)(F)C(F)(F)C(F)(F)C(F)(F)F)c1. The summed E-state index contributed by atoms with van der Waals surface area (Å²) in [6.07, 6.45) is -6.16. The molecule has 3 aromatic rings. The maximum atomic E-state index is 14.9. The number of alkyl halides is 9. The molecule has 11 heteroatoms. The molecule has 184 valence electrons. The molecule has 0 unspecified atom stereocenters. The zero-order valence-electron chi connectivity index (χ0n) is 17.2. The van der Waals surface area contributed by atoms with Gasteiger partial charge in [-0.25, -0.2) is 0 Å². The average molecular weight is 504 g/mol. The standard InChI is InChI=1S/C24H13F9O2/c25-21(26,22(27,28)23(29,30)24(31,32)33)20-8-4-3-7-18(20)16-5-1-2-6-17(16)19-11-14(12-34)9-10-15(19)13-35/h1-13H. The quantitative estimate of drug-likeness (QED) is 0.246. The highest BCUT2D eigenvalue weighted by Gasteiger charge is 2.82. The highest BCUT2D eigenvalue weighted by molar-refractivity contribution is 5.95. The normalized spacial score (nSPS) is 12.9. The second-order valence-electron chi connectivity index (χ2n) is 7.39. The van der Waals surface area contributed by atoms with Crippen LogP contribution in [0.3, 0.4) is 0 Å². The Morgan fingerprint density at radius 1 is 0.543 bits per heavy atom. The smallest absolute Gasteiger partial charge is 0.298 e. The lowest BCUT2D eigenvalue weighted by atomic mass is 9.86. The highest BCUT2D eigenvalue weighted by atomic mass is 19.4. The number of carbonyl (C=O) groups is 2. The lowest BCUT2D eigenvalue weighted by molar-refractivity contribution is -0.399. The average Bonchev–Trinajstić information content (AvgIpc) is 2.82. The van der Waals surface area contributed by atoms with Gasteiger partial charge in [0.2, 0.25) is 0 Å². The van der Waals surface area contributed by atoms with Crippen molar-refractivity contribution < 1.29 is 49.1 Å². The summed E-state index contributed by atoms with van der Waals surface area (Å²) in [7, 11) is 0. The topological polar surface area (TPSA) is 34.1 Å². The van der Waals surface area contributed by atoms with Gasteiger partial charge < -0.3 is 0 Å². The Hall–Kier alpha value is -3.63. The van der Waals surface area contributed by atoms with Crippen LogP contribution in [0.1, 0.15) is 26.3 Å². The van der Waals surface area contributed by atoms with Crippen LogP contribution in [0.5, 0.6) is 0 Å². The molecule has 0 atom stereocenters. The molecule has 0 saturated carbocycles. The summed E-state index contributed by atoms with van der Waals surface area (Å²) in [6, 6.07) is 11.8. The minimum atomic E-state index is -7.06. The first-order valence-corrected chi connectivity index (χ1v) is 9.64. The Morgan fingerprint density at radius 2 is 1.06 bits per heavy atom. The van der Waals surface area contributed by atoms with Gasteiger partial charge in [0.15, 0.2) is 6.29 Å². The summed E-state index contributed by atoms with van der Waals surface area (Å²) in [5, 5.41) is 0. The summed E-state index contributed by atoms with van der Waals surface area (Å²) in [5.41, 5.74) is -2.82. The Labute approximate surface area is 192 Å². The fraction of sp³-hybridized carbons (Fsp3) is 0.167. The van der Waals surface area contributed by atoms with Crippen molar-refractivity contribution in [3.8, 4) is 22.3 Å². The van der Waals surface area contributed by atoms with E-state index >= 15 is 0 Å². The highest BCUT2D eigenvalue weighted by Crippen LogP contribution is 2.58. The lowest BCUT2D eigenvalue weighted by Crippen LogP contribution is -2.59.